The normalized spacial score (nSPS) is 20.6. The quantitative estimate of drug-likeness (QED) is 0.757. The Labute approximate surface area is 169 Å². The molecule has 2 aliphatic rings. The lowest BCUT2D eigenvalue weighted by molar-refractivity contribution is 0.120. The average molecular weight is 420 g/mol. The van der Waals surface area contributed by atoms with Crippen LogP contribution in [0.5, 0.6) is 0 Å². The number of hydrogen-bond acceptors (Lipinski definition) is 8. The maximum atomic E-state index is 13.0. The van der Waals surface area contributed by atoms with Crippen molar-refractivity contribution in [1.82, 2.24) is 9.29 Å². The zero-order valence-corrected chi connectivity index (χ0v) is 17.1. The Bertz CT molecular complexity index is 1010. The van der Waals surface area contributed by atoms with E-state index in [4.69, 9.17) is 13.6 Å². The molecule has 0 bridgehead atoms. The number of rotatable bonds is 6. The van der Waals surface area contributed by atoms with Gasteiger partial charge in [0.25, 0.3) is 5.89 Å². The molecule has 2 aromatic heterocycles. The van der Waals surface area contributed by atoms with Crippen LogP contribution in [0.3, 0.4) is 0 Å². The van der Waals surface area contributed by atoms with Crippen molar-refractivity contribution in [3.05, 3.63) is 17.5 Å². The fraction of sp³-hybridized carbons (Fsp3) is 0.579. The summed E-state index contributed by atoms with van der Waals surface area (Å²) in [7, 11) is -3.64. The molecule has 4 rings (SSSR count). The van der Waals surface area contributed by atoms with Crippen molar-refractivity contribution in [2.45, 2.75) is 50.0 Å². The monoisotopic (exact) mass is 420 g/mol. The maximum Gasteiger partial charge on any atom is 0.266 e. The van der Waals surface area contributed by atoms with Crippen LogP contribution in [0.4, 0.5) is 5.88 Å². The number of nitriles is 1. The summed E-state index contributed by atoms with van der Waals surface area (Å²) in [6, 6.07) is 3.41. The molecule has 0 spiro atoms. The van der Waals surface area contributed by atoms with E-state index in [9.17, 15) is 13.7 Å². The molecule has 2 fully saturated rings. The number of anilines is 1. The van der Waals surface area contributed by atoms with Crippen LogP contribution in [0.1, 0.15) is 43.6 Å². The van der Waals surface area contributed by atoms with Crippen LogP contribution < -0.4 is 5.32 Å². The van der Waals surface area contributed by atoms with E-state index < -0.39 is 10.0 Å². The van der Waals surface area contributed by atoms with Crippen molar-refractivity contribution < 1.29 is 22.0 Å². The van der Waals surface area contributed by atoms with Gasteiger partial charge in [0.15, 0.2) is 5.76 Å². The molecule has 4 heterocycles. The van der Waals surface area contributed by atoms with Crippen LogP contribution in [-0.2, 0) is 14.8 Å². The van der Waals surface area contributed by atoms with Gasteiger partial charge in [-0.3, -0.25) is 0 Å². The number of aromatic nitrogens is 1. The van der Waals surface area contributed by atoms with Crippen molar-refractivity contribution in [1.29, 1.82) is 5.26 Å². The molecule has 10 heteroatoms. The Hall–Kier alpha value is -2.35. The molecule has 0 amide bonds. The summed E-state index contributed by atoms with van der Waals surface area (Å²) < 4.78 is 44.3. The van der Waals surface area contributed by atoms with Gasteiger partial charge in [-0.25, -0.2) is 8.42 Å². The number of sulfonamides is 1. The van der Waals surface area contributed by atoms with Crippen LogP contribution in [0.15, 0.2) is 19.8 Å². The molecule has 0 radical (unpaired) electrons. The SMILES string of the molecule is Cc1oc(-c2nc(C#N)c(NCC3CCCO3)o2)cc1S(=O)(=O)N1CCCCC1. The van der Waals surface area contributed by atoms with Gasteiger partial charge in [0, 0.05) is 32.3 Å². The Morgan fingerprint density at radius 1 is 1.28 bits per heavy atom. The Morgan fingerprint density at radius 2 is 2.07 bits per heavy atom. The molecule has 156 valence electrons. The van der Waals surface area contributed by atoms with E-state index in [1.807, 2.05) is 6.07 Å². The van der Waals surface area contributed by atoms with Crippen LogP contribution in [0.2, 0.25) is 0 Å². The fourth-order valence-electron chi connectivity index (χ4n) is 3.70. The predicted molar refractivity (Wildman–Crippen MR) is 104 cm³/mol. The van der Waals surface area contributed by atoms with Gasteiger partial charge in [0.2, 0.25) is 21.6 Å². The zero-order valence-electron chi connectivity index (χ0n) is 16.3. The number of piperidine rings is 1. The first kappa shape index (κ1) is 19.9. The second kappa shape index (κ2) is 8.18. The van der Waals surface area contributed by atoms with Gasteiger partial charge in [-0.15, -0.1) is 0 Å². The van der Waals surface area contributed by atoms with Gasteiger partial charge in [-0.05, 0) is 32.6 Å². The lowest BCUT2D eigenvalue weighted by Crippen LogP contribution is -2.35. The van der Waals surface area contributed by atoms with E-state index in [-0.39, 0.29) is 40.0 Å². The minimum atomic E-state index is -3.64. The second-order valence-corrected chi connectivity index (χ2v) is 9.23. The summed E-state index contributed by atoms with van der Waals surface area (Å²) >= 11 is 0. The molecular formula is C19H24N4O5S. The van der Waals surface area contributed by atoms with E-state index in [0.717, 1.165) is 38.7 Å². The van der Waals surface area contributed by atoms with Crippen molar-refractivity contribution in [3.8, 4) is 17.7 Å². The zero-order chi connectivity index (χ0) is 20.4. The van der Waals surface area contributed by atoms with E-state index in [0.29, 0.717) is 19.6 Å². The minimum absolute atomic E-state index is 0.0691. The van der Waals surface area contributed by atoms with Gasteiger partial charge < -0.3 is 18.9 Å². The van der Waals surface area contributed by atoms with Gasteiger partial charge >= 0.3 is 0 Å². The topological polar surface area (TPSA) is 122 Å². The van der Waals surface area contributed by atoms with Crippen molar-refractivity contribution >= 4 is 15.9 Å². The van der Waals surface area contributed by atoms with Crippen LogP contribution in [0, 0.1) is 18.3 Å². The molecule has 2 aliphatic heterocycles. The number of ether oxygens (including phenoxy) is 1. The van der Waals surface area contributed by atoms with E-state index in [2.05, 4.69) is 10.3 Å². The first-order valence-corrected chi connectivity index (χ1v) is 11.3. The summed E-state index contributed by atoms with van der Waals surface area (Å²) in [4.78, 5) is 4.27. The van der Waals surface area contributed by atoms with Crippen LogP contribution in [-0.4, -0.2) is 50.1 Å². The summed E-state index contributed by atoms with van der Waals surface area (Å²) in [6.45, 7) is 3.87. The second-order valence-electron chi connectivity index (χ2n) is 7.32. The number of nitrogens with one attached hydrogen (secondary N) is 1. The molecular weight excluding hydrogens is 396 g/mol. The molecule has 1 atom stereocenters. The third-order valence-corrected chi connectivity index (χ3v) is 7.27. The van der Waals surface area contributed by atoms with Gasteiger partial charge in [0.05, 0.1) is 6.10 Å². The van der Waals surface area contributed by atoms with Crippen LogP contribution >= 0.6 is 0 Å². The third-order valence-electron chi connectivity index (χ3n) is 5.26. The number of aryl methyl sites for hydroxylation is 1. The van der Waals surface area contributed by atoms with E-state index in [1.54, 1.807) is 6.92 Å². The lowest BCUT2D eigenvalue weighted by Gasteiger charge is -2.25. The molecule has 0 aromatic carbocycles. The fourth-order valence-corrected chi connectivity index (χ4v) is 5.38. The number of hydrogen-bond donors (Lipinski definition) is 1. The predicted octanol–water partition coefficient (Wildman–Crippen LogP) is 2.88. The molecule has 9 nitrogen and oxygen atoms in total. The van der Waals surface area contributed by atoms with Gasteiger partial charge in [-0.2, -0.15) is 14.6 Å². The maximum absolute atomic E-state index is 13.0. The summed E-state index contributed by atoms with van der Waals surface area (Å²) in [5.74, 6) is 0.753. The van der Waals surface area contributed by atoms with Crippen molar-refractivity contribution in [3.63, 3.8) is 0 Å². The Morgan fingerprint density at radius 3 is 2.76 bits per heavy atom. The highest BCUT2D eigenvalue weighted by Crippen LogP contribution is 2.33. The van der Waals surface area contributed by atoms with E-state index >= 15 is 0 Å². The Kier molecular flexibility index (Phi) is 5.63. The number of nitrogens with zero attached hydrogens (tertiary/aromatic N) is 3. The highest BCUT2D eigenvalue weighted by Gasteiger charge is 2.31. The lowest BCUT2D eigenvalue weighted by atomic mass is 10.2. The molecule has 29 heavy (non-hydrogen) atoms. The minimum Gasteiger partial charge on any atom is -0.455 e. The smallest absolute Gasteiger partial charge is 0.266 e. The van der Waals surface area contributed by atoms with Crippen molar-refractivity contribution in [2.24, 2.45) is 0 Å². The molecule has 0 saturated carbocycles. The average Bonchev–Trinajstić information content (AvgIpc) is 3.46. The van der Waals surface area contributed by atoms with Crippen molar-refractivity contribution in [2.75, 3.05) is 31.6 Å². The summed E-state index contributed by atoms with van der Waals surface area (Å²) in [6.07, 6.45) is 4.78. The number of oxazole rings is 1. The standard InChI is InChI=1S/C19H24N4O5S/c1-13-17(29(24,25)23-7-3-2-4-8-23)10-16(27-13)19-22-15(11-20)18(28-19)21-12-14-6-5-9-26-14/h10,14,21H,2-9,12H2,1H3. The van der Waals surface area contributed by atoms with E-state index in [1.165, 1.54) is 10.4 Å². The Balaban J connectivity index is 1.57. The molecule has 1 N–H and O–H groups in total. The third kappa shape index (κ3) is 4.03. The highest BCUT2D eigenvalue weighted by atomic mass is 32.2. The largest absolute Gasteiger partial charge is 0.455 e. The first-order chi connectivity index (χ1) is 14.0. The molecule has 1 unspecified atom stereocenters. The molecule has 0 aliphatic carbocycles. The first-order valence-electron chi connectivity index (χ1n) is 9.86. The highest BCUT2D eigenvalue weighted by molar-refractivity contribution is 7.89. The van der Waals surface area contributed by atoms with Crippen LogP contribution in [0.25, 0.3) is 11.7 Å². The molecule has 2 aromatic rings. The summed E-state index contributed by atoms with van der Waals surface area (Å²) in [5, 5.41) is 12.4. The van der Waals surface area contributed by atoms with Gasteiger partial charge in [-0.1, -0.05) is 6.42 Å². The summed E-state index contributed by atoms with van der Waals surface area (Å²) in [5.41, 5.74) is 0.0903. The van der Waals surface area contributed by atoms with Gasteiger partial charge in [0.1, 0.15) is 16.7 Å². The molecule has 2 saturated heterocycles. The number of furan rings is 1.